The number of fused-ring (bicyclic) bond motifs is 1. The van der Waals surface area contributed by atoms with Crippen LogP contribution in [0.25, 0.3) is 10.8 Å². The molecule has 0 radical (unpaired) electrons. The molecule has 1 aromatic heterocycles. The molecule has 0 amide bonds. The van der Waals surface area contributed by atoms with E-state index in [1.165, 1.54) is 0 Å². The Labute approximate surface area is 122 Å². The molecule has 1 aromatic carbocycles. The van der Waals surface area contributed by atoms with Crippen LogP contribution in [0.5, 0.6) is 0 Å². The summed E-state index contributed by atoms with van der Waals surface area (Å²) >= 11 is 6.11. The van der Waals surface area contributed by atoms with Crippen molar-refractivity contribution in [2.24, 2.45) is 0 Å². The van der Waals surface area contributed by atoms with Crippen molar-refractivity contribution in [1.29, 1.82) is 0 Å². The molecule has 1 aliphatic heterocycles. The molecule has 1 saturated heterocycles. The molecule has 20 heavy (non-hydrogen) atoms. The van der Waals surface area contributed by atoms with E-state index >= 15 is 0 Å². The van der Waals surface area contributed by atoms with E-state index in [2.05, 4.69) is 37.6 Å². The van der Waals surface area contributed by atoms with E-state index in [0.29, 0.717) is 0 Å². The zero-order chi connectivity index (χ0) is 13.9. The highest BCUT2D eigenvalue weighted by molar-refractivity contribution is 6.20. The standard InChI is InChI=1S/C13H17ClN6/c1-15-12-18-11(14)19-13(20-12)17-10-9-5-3-2-4-8(9)6-7-16-10/h2-7,11-13,15,18-20H,1H3,(H,16,17). The van der Waals surface area contributed by atoms with Crippen molar-refractivity contribution >= 4 is 28.2 Å². The van der Waals surface area contributed by atoms with Gasteiger partial charge in [-0.1, -0.05) is 35.9 Å². The third-order valence-electron chi connectivity index (χ3n) is 3.20. The number of anilines is 1. The molecule has 3 unspecified atom stereocenters. The van der Waals surface area contributed by atoms with Crippen molar-refractivity contribution in [2.45, 2.75) is 18.2 Å². The Balaban J connectivity index is 1.82. The van der Waals surface area contributed by atoms with Gasteiger partial charge in [0.2, 0.25) is 0 Å². The van der Waals surface area contributed by atoms with E-state index in [1.807, 2.05) is 31.3 Å². The summed E-state index contributed by atoms with van der Waals surface area (Å²) in [6.07, 6.45) is 1.53. The van der Waals surface area contributed by atoms with E-state index in [9.17, 15) is 0 Å². The van der Waals surface area contributed by atoms with Crippen molar-refractivity contribution < 1.29 is 0 Å². The quantitative estimate of drug-likeness (QED) is 0.424. The fourth-order valence-electron chi connectivity index (χ4n) is 2.23. The topological polar surface area (TPSA) is 73.0 Å². The zero-order valence-electron chi connectivity index (χ0n) is 11.0. The first kappa shape index (κ1) is 13.5. The number of aromatic nitrogens is 1. The second-order valence-electron chi connectivity index (χ2n) is 4.54. The normalized spacial score (nSPS) is 26.6. The van der Waals surface area contributed by atoms with Crippen molar-refractivity contribution in [3.05, 3.63) is 36.5 Å². The van der Waals surface area contributed by atoms with Gasteiger partial charge in [-0.2, -0.15) is 0 Å². The summed E-state index contributed by atoms with van der Waals surface area (Å²) in [6, 6.07) is 10.1. The van der Waals surface area contributed by atoms with Crippen molar-refractivity contribution in [3.63, 3.8) is 0 Å². The van der Waals surface area contributed by atoms with Crippen molar-refractivity contribution in [3.8, 4) is 0 Å². The van der Waals surface area contributed by atoms with Gasteiger partial charge >= 0.3 is 0 Å². The van der Waals surface area contributed by atoms with Crippen LogP contribution in [0.15, 0.2) is 36.5 Å². The number of benzene rings is 1. The van der Waals surface area contributed by atoms with Gasteiger partial charge in [-0.25, -0.2) is 4.98 Å². The van der Waals surface area contributed by atoms with Gasteiger partial charge in [0, 0.05) is 11.6 Å². The molecule has 3 rings (SSSR count). The zero-order valence-corrected chi connectivity index (χ0v) is 11.8. The highest BCUT2D eigenvalue weighted by atomic mass is 35.5. The lowest BCUT2D eigenvalue weighted by molar-refractivity contribution is 0.235. The molecule has 3 atom stereocenters. The lowest BCUT2D eigenvalue weighted by Gasteiger charge is -2.36. The van der Waals surface area contributed by atoms with Gasteiger partial charge in [0.15, 0.2) is 0 Å². The highest BCUT2D eigenvalue weighted by Crippen LogP contribution is 2.20. The van der Waals surface area contributed by atoms with Crippen LogP contribution in [0, 0.1) is 0 Å². The summed E-state index contributed by atoms with van der Waals surface area (Å²) in [6.45, 7) is 0. The number of nitrogens with zero attached hydrogens (tertiary/aromatic N) is 1. The van der Waals surface area contributed by atoms with Gasteiger partial charge in [0.25, 0.3) is 0 Å². The van der Waals surface area contributed by atoms with Crippen LogP contribution in [-0.2, 0) is 0 Å². The Hall–Kier alpha value is -1.44. The van der Waals surface area contributed by atoms with Gasteiger partial charge in [-0.05, 0) is 18.5 Å². The minimum absolute atomic E-state index is 0.0776. The lowest BCUT2D eigenvalue weighted by Crippen LogP contribution is -2.71. The predicted octanol–water partition coefficient (Wildman–Crippen LogP) is 0.738. The molecule has 2 heterocycles. The van der Waals surface area contributed by atoms with E-state index in [0.717, 1.165) is 16.6 Å². The summed E-state index contributed by atoms with van der Waals surface area (Å²) in [5, 5.41) is 18.1. The van der Waals surface area contributed by atoms with Crippen LogP contribution < -0.4 is 26.6 Å². The molecule has 0 saturated carbocycles. The summed E-state index contributed by atoms with van der Waals surface area (Å²) in [5.41, 5.74) is -0.332. The minimum atomic E-state index is -0.332. The number of alkyl halides is 1. The largest absolute Gasteiger partial charge is 0.342 e. The van der Waals surface area contributed by atoms with Crippen LogP contribution in [-0.4, -0.2) is 30.2 Å². The minimum Gasteiger partial charge on any atom is -0.342 e. The predicted molar refractivity (Wildman–Crippen MR) is 81.0 cm³/mol. The van der Waals surface area contributed by atoms with Crippen LogP contribution in [0.4, 0.5) is 5.82 Å². The molecule has 7 heteroatoms. The highest BCUT2D eigenvalue weighted by Gasteiger charge is 2.24. The molecule has 106 valence electrons. The van der Waals surface area contributed by atoms with Gasteiger partial charge in [-0.3, -0.25) is 21.3 Å². The first-order valence-corrected chi connectivity index (χ1v) is 6.90. The first-order chi connectivity index (χ1) is 9.76. The van der Waals surface area contributed by atoms with E-state index in [1.54, 1.807) is 6.20 Å². The molecular formula is C13H17ClN6. The second-order valence-corrected chi connectivity index (χ2v) is 4.98. The number of pyridine rings is 1. The van der Waals surface area contributed by atoms with Gasteiger partial charge < -0.3 is 5.32 Å². The maximum atomic E-state index is 6.11. The summed E-state index contributed by atoms with van der Waals surface area (Å²) < 4.78 is 0. The number of hydrogen-bond acceptors (Lipinski definition) is 6. The first-order valence-electron chi connectivity index (χ1n) is 6.46. The molecule has 1 fully saturated rings. The van der Waals surface area contributed by atoms with Crippen LogP contribution >= 0.6 is 11.6 Å². The molecule has 0 bridgehead atoms. The Morgan fingerprint density at radius 2 is 1.90 bits per heavy atom. The molecule has 0 aliphatic carbocycles. The monoisotopic (exact) mass is 292 g/mol. The molecule has 6 nitrogen and oxygen atoms in total. The van der Waals surface area contributed by atoms with E-state index in [4.69, 9.17) is 11.6 Å². The Morgan fingerprint density at radius 3 is 2.75 bits per heavy atom. The molecular weight excluding hydrogens is 276 g/mol. The third-order valence-corrected chi connectivity index (χ3v) is 3.45. The SMILES string of the molecule is CNC1NC(Cl)NC(Nc2nccc3ccccc23)N1. The Morgan fingerprint density at radius 1 is 1.10 bits per heavy atom. The lowest BCUT2D eigenvalue weighted by atomic mass is 10.1. The van der Waals surface area contributed by atoms with Gasteiger partial charge in [0.1, 0.15) is 24.0 Å². The van der Waals surface area contributed by atoms with Crippen molar-refractivity contribution in [1.82, 2.24) is 26.3 Å². The fourth-order valence-corrected chi connectivity index (χ4v) is 2.48. The third kappa shape index (κ3) is 2.84. The summed E-state index contributed by atoms with van der Waals surface area (Å²) in [7, 11) is 1.85. The number of rotatable bonds is 3. The number of nitrogens with one attached hydrogen (secondary N) is 5. The number of halogens is 1. The van der Waals surface area contributed by atoms with Gasteiger partial charge in [0.05, 0.1) is 0 Å². The van der Waals surface area contributed by atoms with Crippen molar-refractivity contribution in [2.75, 3.05) is 12.4 Å². The molecule has 2 aromatic rings. The molecule has 0 spiro atoms. The fraction of sp³-hybridized carbons (Fsp3) is 0.308. The average molecular weight is 293 g/mol. The van der Waals surface area contributed by atoms with Crippen LogP contribution in [0.1, 0.15) is 0 Å². The van der Waals surface area contributed by atoms with E-state index < -0.39 is 0 Å². The second kappa shape index (κ2) is 5.90. The van der Waals surface area contributed by atoms with Crippen LogP contribution in [0.2, 0.25) is 0 Å². The molecule has 5 N–H and O–H groups in total. The maximum Gasteiger partial charge on any atom is 0.140 e. The molecule has 1 aliphatic rings. The Bertz CT molecular complexity index is 587. The van der Waals surface area contributed by atoms with E-state index in [-0.39, 0.29) is 18.2 Å². The Kier molecular flexibility index (Phi) is 4.00. The summed E-state index contributed by atoms with van der Waals surface area (Å²) in [4.78, 5) is 4.40. The number of hydrogen-bond donors (Lipinski definition) is 5. The van der Waals surface area contributed by atoms with Gasteiger partial charge in [-0.15, -0.1) is 0 Å². The smallest absolute Gasteiger partial charge is 0.140 e. The maximum absolute atomic E-state index is 6.11. The average Bonchev–Trinajstić information content (AvgIpc) is 2.47. The summed E-state index contributed by atoms with van der Waals surface area (Å²) in [5.74, 6) is 0.814. The van der Waals surface area contributed by atoms with Crippen LogP contribution in [0.3, 0.4) is 0 Å².